The molecule has 0 atom stereocenters. The summed E-state index contributed by atoms with van der Waals surface area (Å²) in [5.41, 5.74) is 5.74. The highest BCUT2D eigenvalue weighted by atomic mass is 16.5. The van der Waals surface area contributed by atoms with Gasteiger partial charge in [0.2, 0.25) is 0 Å². The van der Waals surface area contributed by atoms with Crippen LogP contribution in [0.3, 0.4) is 0 Å². The number of para-hydroxylation sites is 1. The maximum atomic E-state index is 13.7. The molecule has 2 amide bonds. The zero-order chi connectivity index (χ0) is 34.5. The molecule has 7 rings (SSSR count). The van der Waals surface area contributed by atoms with Crippen LogP contribution in [0.25, 0.3) is 16.6 Å². The average Bonchev–Trinajstić information content (AvgIpc) is 3.71. The second-order valence-electron chi connectivity index (χ2n) is 12.0. The SMILES string of the molecule is COc1cc(NC(=O)c2cnc3ccccc3c2)c(C(=O)Nc2ccc(N3CCN(Cc4cccc(-n5ccnc5)c4)CC3)cc2)cc1OC. The Morgan fingerprint density at radius 3 is 2.32 bits per heavy atom. The van der Waals surface area contributed by atoms with E-state index >= 15 is 0 Å². The molecule has 0 saturated carbocycles. The molecule has 0 spiro atoms. The second-order valence-corrected chi connectivity index (χ2v) is 12.0. The van der Waals surface area contributed by atoms with Gasteiger partial charge in [-0.05, 0) is 60.2 Å². The van der Waals surface area contributed by atoms with Crippen molar-refractivity contribution in [3.05, 3.63) is 133 Å². The Kier molecular flexibility index (Phi) is 9.39. The first-order chi connectivity index (χ1) is 24.5. The van der Waals surface area contributed by atoms with Gasteiger partial charge in [-0.1, -0.05) is 30.3 Å². The minimum Gasteiger partial charge on any atom is -0.493 e. The molecule has 50 heavy (non-hydrogen) atoms. The van der Waals surface area contributed by atoms with Crippen LogP contribution in [0, 0.1) is 0 Å². The summed E-state index contributed by atoms with van der Waals surface area (Å²) in [6.45, 7) is 4.56. The number of nitrogens with one attached hydrogen (secondary N) is 2. The Morgan fingerprint density at radius 2 is 1.56 bits per heavy atom. The number of ether oxygens (including phenoxy) is 2. The third-order valence-corrected chi connectivity index (χ3v) is 8.85. The van der Waals surface area contributed by atoms with Crippen LogP contribution in [0.15, 0.2) is 116 Å². The quantitative estimate of drug-likeness (QED) is 0.176. The van der Waals surface area contributed by atoms with Crippen molar-refractivity contribution in [1.29, 1.82) is 0 Å². The Labute approximate surface area is 290 Å². The number of aromatic nitrogens is 3. The maximum absolute atomic E-state index is 13.7. The molecule has 6 aromatic rings. The predicted octanol–water partition coefficient (Wildman–Crippen LogP) is 6.26. The molecule has 11 heteroatoms. The van der Waals surface area contributed by atoms with Gasteiger partial charge in [0.15, 0.2) is 11.5 Å². The van der Waals surface area contributed by atoms with Crippen LogP contribution in [0.1, 0.15) is 26.3 Å². The highest BCUT2D eigenvalue weighted by Crippen LogP contribution is 2.34. The fraction of sp³-hybridized carbons (Fsp3) is 0.179. The van der Waals surface area contributed by atoms with Gasteiger partial charge < -0.3 is 29.6 Å². The molecule has 2 N–H and O–H groups in total. The summed E-state index contributed by atoms with van der Waals surface area (Å²) in [6.07, 6.45) is 7.07. The van der Waals surface area contributed by atoms with Gasteiger partial charge in [0.25, 0.3) is 11.8 Å². The number of pyridine rings is 1. The zero-order valence-corrected chi connectivity index (χ0v) is 27.9. The minimum atomic E-state index is -0.406. The minimum absolute atomic E-state index is 0.223. The van der Waals surface area contributed by atoms with E-state index in [1.807, 2.05) is 65.6 Å². The fourth-order valence-corrected chi connectivity index (χ4v) is 6.16. The van der Waals surface area contributed by atoms with Crippen molar-refractivity contribution in [2.75, 3.05) is 55.9 Å². The first-order valence-corrected chi connectivity index (χ1v) is 16.4. The summed E-state index contributed by atoms with van der Waals surface area (Å²) in [5, 5.41) is 6.68. The lowest BCUT2D eigenvalue weighted by atomic mass is 10.1. The molecule has 0 aliphatic carbocycles. The molecule has 2 aromatic heterocycles. The van der Waals surface area contributed by atoms with Crippen LogP contribution in [0.5, 0.6) is 11.5 Å². The molecule has 1 fully saturated rings. The number of rotatable bonds is 10. The van der Waals surface area contributed by atoms with E-state index in [9.17, 15) is 9.59 Å². The molecule has 252 valence electrons. The topological polar surface area (TPSA) is 114 Å². The summed E-state index contributed by atoms with van der Waals surface area (Å²) in [6, 6.07) is 28.8. The fourth-order valence-electron chi connectivity index (χ4n) is 6.16. The lowest BCUT2D eigenvalue weighted by Gasteiger charge is -2.36. The summed E-state index contributed by atoms with van der Waals surface area (Å²) in [4.78, 5) is 40.4. The van der Waals surface area contributed by atoms with Crippen LogP contribution in [0.4, 0.5) is 17.1 Å². The molecule has 1 aliphatic rings. The number of nitrogens with zero attached hydrogens (tertiary/aromatic N) is 5. The molecule has 0 unspecified atom stereocenters. The van der Waals surface area contributed by atoms with Gasteiger partial charge in [-0.2, -0.15) is 0 Å². The third kappa shape index (κ3) is 7.13. The van der Waals surface area contributed by atoms with Crippen LogP contribution < -0.4 is 25.0 Å². The van der Waals surface area contributed by atoms with Gasteiger partial charge in [-0.25, -0.2) is 4.98 Å². The number of imidazole rings is 1. The van der Waals surface area contributed by atoms with Crippen LogP contribution in [-0.2, 0) is 6.54 Å². The van der Waals surface area contributed by atoms with E-state index in [1.54, 1.807) is 24.4 Å². The number of amides is 2. The van der Waals surface area contributed by atoms with Gasteiger partial charge in [0.1, 0.15) is 0 Å². The number of piperazine rings is 1. The Morgan fingerprint density at radius 1 is 0.780 bits per heavy atom. The second kappa shape index (κ2) is 14.5. The van der Waals surface area contributed by atoms with Crippen molar-refractivity contribution >= 4 is 39.8 Å². The molecular formula is C39H37N7O4. The first kappa shape index (κ1) is 32.4. The molecule has 1 saturated heterocycles. The van der Waals surface area contributed by atoms with Crippen molar-refractivity contribution in [1.82, 2.24) is 19.4 Å². The van der Waals surface area contributed by atoms with Gasteiger partial charge in [0, 0.05) is 79.8 Å². The lowest BCUT2D eigenvalue weighted by Crippen LogP contribution is -2.45. The van der Waals surface area contributed by atoms with E-state index in [2.05, 4.69) is 54.7 Å². The molecule has 0 radical (unpaired) electrons. The average molecular weight is 668 g/mol. The van der Waals surface area contributed by atoms with Crippen molar-refractivity contribution in [3.8, 4) is 17.2 Å². The number of hydrogen-bond donors (Lipinski definition) is 2. The number of fused-ring (bicyclic) bond motifs is 1. The van der Waals surface area contributed by atoms with Crippen molar-refractivity contribution in [3.63, 3.8) is 0 Å². The Hall–Kier alpha value is -6.20. The first-order valence-electron chi connectivity index (χ1n) is 16.4. The van der Waals surface area contributed by atoms with E-state index in [0.29, 0.717) is 22.7 Å². The van der Waals surface area contributed by atoms with Crippen molar-refractivity contribution in [2.45, 2.75) is 6.54 Å². The smallest absolute Gasteiger partial charge is 0.257 e. The number of carbonyl (C=O) groups excluding carboxylic acids is 2. The van der Waals surface area contributed by atoms with Gasteiger partial charge in [-0.15, -0.1) is 0 Å². The molecule has 0 bridgehead atoms. The van der Waals surface area contributed by atoms with E-state index < -0.39 is 11.8 Å². The van der Waals surface area contributed by atoms with Gasteiger partial charge in [-0.3, -0.25) is 19.5 Å². The summed E-state index contributed by atoms with van der Waals surface area (Å²) >= 11 is 0. The summed E-state index contributed by atoms with van der Waals surface area (Å²) in [5.74, 6) is -0.0693. The van der Waals surface area contributed by atoms with E-state index in [0.717, 1.165) is 55.0 Å². The standard InChI is InChI=1S/C39H37N7O4/c1-49-36-22-33(35(23-37(36)50-2)43-38(47)29-21-28-7-3-4-9-34(28)41-24-29)39(48)42-30-10-12-31(13-11-30)45-18-16-44(17-19-45)25-27-6-5-8-32(20-27)46-15-14-40-26-46/h3-15,20-24,26H,16-19,25H2,1-2H3,(H,42,48)(H,43,47). The lowest BCUT2D eigenvalue weighted by molar-refractivity contribution is 0.102. The van der Waals surface area contributed by atoms with E-state index in [4.69, 9.17) is 9.47 Å². The monoisotopic (exact) mass is 667 g/mol. The number of benzene rings is 4. The van der Waals surface area contributed by atoms with Gasteiger partial charge >= 0.3 is 0 Å². The summed E-state index contributed by atoms with van der Waals surface area (Å²) in [7, 11) is 3.00. The molecule has 1 aliphatic heterocycles. The van der Waals surface area contributed by atoms with Crippen LogP contribution >= 0.6 is 0 Å². The van der Waals surface area contributed by atoms with Crippen molar-refractivity contribution < 1.29 is 19.1 Å². The number of carbonyl (C=O) groups is 2. The van der Waals surface area contributed by atoms with Crippen LogP contribution in [0.2, 0.25) is 0 Å². The summed E-state index contributed by atoms with van der Waals surface area (Å²) < 4.78 is 13.0. The normalized spacial score (nSPS) is 13.2. The molecule has 11 nitrogen and oxygen atoms in total. The van der Waals surface area contributed by atoms with Crippen molar-refractivity contribution in [2.24, 2.45) is 0 Å². The van der Waals surface area contributed by atoms with E-state index in [-0.39, 0.29) is 11.3 Å². The Bertz CT molecular complexity index is 2130. The maximum Gasteiger partial charge on any atom is 0.257 e. The highest BCUT2D eigenvalue weighted by molar-refractivity contribution is 6.13. The molecular weight excluding hydrogens is 630 g/mol. The van der Waals surface area contributed by atoms with E-state index in [1.165, 1.54) is 26.0 Å². The highest BCUT2D eigenvalue weighted by Gasteiger charge is 2.21. The third-order valence-electron chi connectivity index (χ3n) is 8.85. The molecule has 3 heterocycles. The largest absolute Gasteiger partial charge is 0.493 e. The Balaban J connectivity index is 1.00. The predicted molar refractivity (Wildman–Crippen MR) is 195 cm³/mol. The molecule has 4 aromatic carbocycles. The number of hydrogen-bond acceptors (Lipinski definition) is 8. The number of anilines is 3. The van der Waals surface area contributed by atoms with Gasteiger partial charge in [0.05, 0.1) is 42.9 Å². The zero-order valence-electron chi connectivity index (χ0n) is 27.9. The number of methoxy groups -OCH3 is 2. The van der Waals surface area contributed by atoms with Crippen LogP contribution in [-0.4, -0.2) is 71.6 Å².